The molecule has 1 aromatic rings. The third-order valence-electron chi connectivity index (χ3n) is 4.04. The molecule has 1 amide bonds. The number of hydrogen-bond acceptors (Lipinski definition) is 2. The van der Waals surface area contributed by atoms with Crippen LogP contribution in [-0.2, 0) is 4.79 Å². The molecule has 0 aliphatic heterocycles. The van der Waals surface area contributed by atoms with E-state index in [1.165, 1.54) is 12.1 Å². The number of benzene rings is 1. The number of nitrogens with one attached hydrogen (secondary N) is 1. The number of carboxylic acids is 1. The molecular weight excluding hydrogens is 273 g/mol. The molecule has 0 heterocycles. The number of aryl methyl sites for hydroxylation is 1. The first-order valence-corrected chi connectivity index (χ1v) is 7.29. The highest BCUT2D eigenvalue weighted by Gasteiger charge is 2.31. The van der Waals surface area contributed by atoms with Gasteiger partial charge in [0.25, 0.3) is 5.91 Å². The summed E-state index contributed by atoms with van der Waals surface area (Å²) in [5, 5.41) is 11.8. The molecule has 0 saturated heterocycles. The standard InChI is InChI=1S/C16H20FNO3/c1-10-7-8-12(13(17)9-10)15(19)18-14(16(20)21)11-5-3-2-4-6-11/h7-9,11,14H,2-6H2,1H3,(H,18,19)(H,20,21). The maximum atomic E-state index is 13.8. The predicted molar refractivity (Wildman–Crippen MR) is 76.6 cm³/mol. The average molecular weight is 293 g/mol. The second kappa shape index (κ2) is 6.70. The molecule has 5 heteroatoms. The van der Waals surface area contributed by atoms with Crippen LogP contribution in [0, 0.1) is 18.7 Å². The Kier molecular flexibility index (Phi) is 4.94. The molecule has 1 unspecified atom stereocenters. The molecule has 2 rings (SSSR count). The fourth-order valence-corrected chi connectivity index (χ4v) is 2.87. The molecule has 21 heavy (non-hydrogen) atoms. The number of carbonyl (C=O) groups excluding carboxylic acids is 1. The zero-order valence-electron chi connectivity index (χ0n) is 12.1. The minimum Gasteiger partial charge on any atom is -0.480 e. The summed E-state index contributed by atoms with van der Waals surface area (Å²) in [5.41, 5.74) is 0.605. The van der Waals surface area contributed by atoms with Gasteiger partial charge in [0.15, 0.2) is 0 Å². The molecule has 1 aliphatic rings. The molecule has 1 saturated carbocycles. The number of hydrogen-bond donors (Lipinski definition) is 2. The molecule has 0 aromatic heterocycles. The van der Waals surface area contributed by atoms with Gasteiger partial charge in [-0.25, -0.2) is 9.18 Å². The first-order chi connectivity index (χ1) is 9.99. The van der Waals surface area contributed by atoms with Crippen LogP contribution < -0.4 is 5.32 Å². The second-order valence-electron chi connectivity index (χ2n) is 5.67. The van der Waals surface area contributed by atoms with Crippen molar-refractivity contribution in [2.45, 2.75) is 45.1 Å². The van der Waals surface area contributed by atoms with Crippen molar-refractivity contribution >= 4 is 11.9 Å². The van der Waals surface area contributed by atoms with E-state index in [1.807, 2.05) is 0 Å². The fourth-order valence-electron chi connectivity index (χ4n) is 2.87. The smallest absolute Gasteiger partial charge is 0.326 e. The van der Waals surface area contributed by atoms with E-state index in [0.29, 0.717) is 5.56 Å². The Hall–Kier alpha value is -1.91. The van der Waals surface area contributed by atoms with Crippen LogP contribution in [0.5, 0.6) is 0 Å². The molecule has 1 fully saturated rings. The van der Waals surface area contributed by atoms with E-state index in [0.717, 1.165) is 32.1 Å². The van der Waals surface area contributed by atoms with Crippen LogP contribution in [0.15, 0.2) is 18.2 Å². The lowest BCUT2D eigenvalue weighted by Crippen LogP contribution is -2.46. The number of aliphatic carboxylic acids is 1. The van der Waals surface area contributed by atoms with Crippen LogP contribution in [0.1, 0.15) is 48.0 Å². The van der Waals surface area contributed by atoms with Crippen LogP contribution in [-0.4, -0.2) is 23.0 Å². The Labute approximate surface area is 123 Å². The van der Waals surface area contributed by atoms with Crippen molar-refractivity contribution in [1.29, 1.82) is 0 Å². The third-order valence-corrected chi connectivity index (χ3v) is 4.04. The Morgan fingerprint density at radius 3 is 2.52 bits per heavy atom. The van der Waals surface area contributed by atoms with Crippen molar-refractivity contribution in [1.82, 2.24) is 5.32 Å². The van der Waals surface area contributed by atoms with E-state index >= 15 is 0 Å². The minimum atomic E-state index is -1.05. The quantitative estimate of drug-likeness (QED) is 0.897. The molecular formula is C16H20FNO3. The van der Waals surface area contributed by atoms with E-state index in [2.05, 4.69) is 5.32 Å². The molecule has 0 spiro atoms. The van der Waals surface area contributed by atoms with Gasteiger partial charge >= 0.3 is 5.97 Å². The number of carbonyl (C=O) groups is 2. The third kappa shape index (κ3) is 3.80. The van der Waals surface area contributed by atoms with Crippen molar-refractivity contribution in [2.75, 3.05) is 0 Å². The first-order valence-electron chi connectivity index (χ1n) is 7.29. The van der Waals surface area contributed by atoms with E-state index in [4.69, 9.17) is 0 Å². The van der Waals surface area contributed by atoms with E-state index in [1.54, 1.807) is 13.0 Å². The van der Waals surface area contributed by atoms with Crippen LogP contribution in [0.4, 0.5) is 4.39 Å². The van der Waals surface area contributed by atoms with Crippen LogP contribution in [0.2, 0.25) is 0 Å². The second-order valence-corrected chi connectivity index (χ2v) is 5.67. The zero-order chi connectivity index (χ0) is 15.4. The normalized spacial score (nSPS) is 17.2. The van der Waals surface area contributed by atoms with Gasteiger partial charge in [-0.3, -0.25) is 4.79 Å². The summed E-state index contributed by atoms with van der Waals surface area (Å²) >= 11 is 0. The Morgan fingerprint density at radius 2 is 1.95 bits per heavy atom. The summed E-state index contributed by atoms with van der Waals surface area (Å²) < 4.78 is 13.8. The van der Waals surface area contributed by atoms with Crippen molar-refractivity contribution in [3.8, 4) is 0 Å². The topological polar surface area (TPSA) is 66.4 Å². The Bertz CT molecular complexity index is 538. The largest absolute Gasteiger partial charge is 0.480 e. The predicted octanol–water partition coefficient (Wildman–Crippen LogP) is 2.90. The molecule has 2 N–H and O–H groups in total. The van der Waals surface area contributed by atoms with Gasteiger partial charge in [-0.05, 0) is 43.4 Å². The van der Waals surface area contributed by atoms with Gasteiger partial charge in [0, 0.05) is 0 Å². The highest BCUT2D eigenvalue weighted by molar-refractivity contribution is 5.96. The van der Waals surface area contributed by atoms with E-state index in [-0.39, 0.29) is 11.5 Å². The molecule has 1 atom stereocenters. The summed E-state index contributed by atoms with van der Waals surface area (Å²) in [6.45, 7) is 1.73. The summed E-state index contributed by atoms with van der Waals surface area (Å²) in [7, 11) is 0. The Morgan fingerprint density at radius 1 is 1.29 bits per heavy atom. The molecule has 114 valence electrons. The van der Waals surface area contributed by atoms with Crippen LogP contribution in [0.3, 0.4) is 0 Å². The summed E-state index contributed by atoms with van der Waals surface area (Å²) in [4.78, 5) is 23.5. The maximum absolute atomic E-state index is 13.8. The average Bonchev–Trinajstić information content (AvgIpc) is 2.45. The summed E-state index contributed by atoms with van der Waals surface area (Å²) in [5.74, 6) is -2.41. The van der Waals surface area contributed by atoms with Gasteiger partial charge in [-0.1, -0.05) is 25.3 Å². The van der Waals surface area contributed by atoms with Gasteiger partial charge in [0.05, 0.1) is 5.56 Å². The SMILES string of the molecule is Cc1ccc(C(=O)NC(C(=O)O)C2CCCCC2)c(F)c1. The molecule has 1 aliphatic carbocycles. The van der Waals surface area contributed by atoms with Crippen molar-refractivity contribution in [2.24, 2.45) is 5.92 Å². The van der Waals surface area contributed by atoms with Crippen molar-refractivity contribution in [3.63, 3.8) is 0 Å². The highest BCUT2D eigenvalue weighted by atomic mass is 19.1. The maximum Gasteiger partial charge on any atom is 0.326 e. The van der Waals surface area contributed by atoms with E-state index < -0.39 is 23.7 Å². The Balaban J connectivity index is 2.12. The molecule has 4 nitrogen and oxygen atoms in total. The monoisotopic (exact) mass is 293 g/mol. The van der Waals surface area contributed by atoms with Crippen molar-refractivity contribution < 1.29 is 19.1 Å². The van der Waals surface area contributed by atoms with Gasteiger partial charge < -0.3 is 10.4 Å². The fraction of sp³-hybridized carbons (Fsp3) is 0.500. The number of carboxylic acid groups (broad SMARTS) is 1. The molecule has 1 aromatic carbocycles. The highest BCUT2D eigenvalue weighted by Crippen LogP contribution is 2.27. The lowest BCUT2D eigenvalue weighted by molar-refractivity contribution is -0.141. The molecule has 0 radical (unpaired) electrons. The zero-order valence-corrected chi connectivity index (χ0v) is 12.1. The number of rotatable bonds is 4. The number of halogens is 1. The summed E-state index contributed by atoms with van der Waals surface area (Å²) in [6, 6.07) is 3.35. The van der Waals surface area contributed by atoms with Gasteiger partial charge in [-0.15, -0.1) is 0 Å². The summed E-state index contributed by atoms with van der Waals surface area (Å²) in [6.07, 6.45) is 4.62. The van der Waals surface area contributed by atoms with Gasteiger partial charge in [0.1, 0.15) is 11.9 Å². The van der Waals surface area contributed by atoms with Crippen molar-refractivity contribution in [3.05, 3.63) is 35.1 Å². The lowest BCUT2D eigenvalue weighted by atomic mass is 9.84. The van der Waals surface area contributed by atoms with Gasteiger partial charge in [-0.2, -0.15) is 0 Å². The van der Waals surface area contributed by atoms with E-state index in [9.17, 15) is 19.1 Å². The van der Waals surface area contributed by atoms with Crippen LogP contribution >= 0.6 is 0 Å². The number of amides is 1. The lowest BCUT2D eigenvalue weighted by Gasteiger charge is -2.28. The first kappa shape index (κ1) is 15.5. The van der Waals surface area contributed by atoms with Gasteiger partial charge in [0.2, 0.25) is 0 Å². The van der Waals surface area contributed by atoms with Crippen LogP contribution in [0.25, 0.3) is 0 Å². The molecule has 0 bridgehead atoms. The minimum absolute atomic E-state index is 0.0753.